The van der Waals surface area contributed by atoms with Crippen LogP contribution in [0, 0.1) is 6.92 Å². The monoisotopic (exact) mass is 333 g/mol. The highest BCUT2D eigenvalue weighted by atomic mass is 16.5. The summed E-state index contributed by atoms with van der Waals surface area (Å²) in [5, 5.41) is 0. The first-order valence-electron chi connectivity index (χ1n) is 8.36. The topological polar surface area (TPSA) is 50.8 Å². The fourth-order valence-corrected chi connectivity index (χ4v) is 2.78. The van der Waals surface area contributed by atoms with Gasteiger partial charge in [0.1, 0.15) is 5.76 Å². The molecule has 0 atom stereocenters. The van der Waals surface area contributed by atoms with Gasteiger partial charge in [0.05, 0.1) is 24.5 Å². The minimum Gasteiger partial charge on any atom is -0.497 e. The Morgan fingerprint density at radius 2 is 2.00 bits per heavy atom. The third-order valence-corrected chi connectivity index (χ3v) is 4.43. The molecule has 0 bridgehead atoms. The van der Waals surface area contributed by atoms with Gasteiger partial charge < -0.3 is 9.72 Å². The van der Waals surface area contributed by atoms with Crippen LogP contribution in [-0.4, -0.2) is 22.1 Å². The van der Waals surface area contributed by atoms with Gasteiger partial charge in [-0.25, -0.2) is 4.98 Å². The van der Waals surface area contributed by atoms with Crippen LogP contribution >= 0.6 is 0 Å². The van der Waals surface area contributed by atoms with E-state index in [1.807, 2.05) is 20.0 Å². The first kappa shape index (κ1) is 17.0. The molecule has 0 aliphatic carbocycles. The van der Waals surface area contributed by atoms with Crippen molar-refractivity contribution in [3.05, 3.63) is 77.1 Å². The van der Waals surface area contributed by atoms with Crippen molar-refractivity contribution in [1.82, 2.24) is 15.0 Å². The molecule has 2 aromatic heterocycles. The molecule has 0 spiro atoms. The molecule has 3 rings (SSSR count). The number of aryl methyl sites for hydroxylation is 3. The second-order valence-corrected chi connectivity index (χ2v) is 6.23. The fraction of sp³-hybridized carbons (Fsp3) is 0.238. The summed E-state index contributed by atoms with van der Waals surface area (Å²) in [6.07, 6.45) is 7.67. The van der Waals surface area contributed by atoms with Crippen LogP contribution in [0.1, 0.15) is 29.3 Å². The summed E-state index contributed by atoms with van der Waals surface area (Å²) in [7, 11) is 1.64. The van der Waals surface area contributed by atoms with Crippen molar-refractivity contribution < 1.29 is 4.74 Å². The molecule has 1 aromatic carbocycles. The highest BCUT2D eigenvalue weighted by Gasteiger charge is 2.04. The standard InChI is InChI=1S/C21H23N3O/c1-14(16(3)25-4)9-19-10-18(12-22-15(19)2)6-5-17-7-8-20-21(11-17)24-13-23-20/h7-13H,3,5-6H2,1-2,4H3,(H,23,24)/b14-9+. The minimum atomic E-state index is 0.678. The number of benzene rings is 1. The zero-order valence-electron chi connectivity index (χ0n) is 15.0. The van der Waals surface area contributed by atoms with Crippen molar-refractivity contribution in [2.24, 2.45) is 0 Å². The number of aromatic nitrogens is 3. The lowest BCUT2D eigenvalue weighted by molar-refractivity contribution is 0.303. The molecule has 3 aromatic rings. The van der Waals surface area contributed by atoms with E-state index in [2.05, 4.69) is 51.9 Å². The van der Waals surface area contributed by atoms with Crippen molar-refractivity contribution in [1.29, 1.82) is 0 Å². The molecule has 4 heteroatoms. The minimum absolute atomic E-state index is 0.678. The lowest BCUT2D eigenvalue weighted by atomic mass is 10.0. The Bertz CT molecular complexity index is 937. The lowest BCUT2D eigenvalue weighted by Gasteiger charge is -2.08. The Balaban J connectivity index is 1.76. The Morgan fingerprint density at radius 1 is 1.20 bits per heavy atom. The number of H-pyrrole nitrogens is 1. The fourth-order valence-electron chi connectivity index (χ4n) is 2.78. The van der Waals surface area contributed by atoms with Crippen LogP contribution < -0.4 is 0 Å². The van der Waals surface area contributed by atoms with Gasteiger partial charge in [-0.05, 0) is 73.2 Å². The van der Waals surface area contributed by atoms with E-state index in [0.717, 1.165) is 40.7 Å². The maximum absolute atomic E-state index is 5.20. The van der Waals surface area contributed by atoms with Gasteiger partial charge in [-0.15, -0.1) is 0 Å². The molecular formula is C21H23N3O. The zero-order chi connectivity index (χ0) is 17.8. The summed E-state index contributed by atoms with van der Waals surface area (Å²) >= 11 is 0. The van der Waals surface area contributed by atoms with Crippen LogP contribution in [0.2, 0.25) is 0 Å². The van der Waals surface area contributed by atoms with E-state index >= 15 is 0 Å². The lowest BCUT2D eigenvalue weighted by Crippen LogP contribution is -1.96. The van der Waals surface area contributed by atoms with Gasteiger partial charge in [0.15, 0.2) is 0 Å². The largest absolute Gasteiger partial charge is 0.497 e. The highest BCUT2D eigenvalue weighted by molar-refractivity contribution is 5.75. The third kappa shape index (κ3) is 3.97. The average Bonchev–Trinajstić information content (AvgIpc) is 3.09. The quantitative estimate of drug-likeness (QED) is 0.529. The summed E-state index contributed by atoms with van der Waals surface area (Å²) in [5.74, 6) is 0.678. The molecule has 0 radical (unpaired) electrons. The molecule has 0 saturated heterocycles. The molecular weight excluding hydrogens is 310 g/mol. The maximum Gasteiger partial charge on any atom is 0.114 e. The van der Waals surface area contributed by atoms with Gasteiger partial charge >= 0.3 is 0 Å². The van der Waals surface area contributed by atoms with E-state index in [1.54, 1.807) is 13.4 Å². The van der Waals surface area contributed by atoms with Crippen LogP contribution in [0.5, 0.6) is 0 Å². The normalized spacial score (nSPS) is 11.7. The summed E-state index contributed by atoms with van der Waals surface area (Å²) in [6, 6.07) is 8.56. The molecule has 2 heterocycles. The molecule has 0 amide bonds. The van der Waals surface area contributed by atoms with Crippen LogP contribution in [0.15, 0.2) is 54.7 Å². The van der Waals surface area contributed by atoms with Crippen LogP contribution in [-0.2, 0) is 17.6 Å². The SMILES string of the molecule is C=C(OC)/C(C)=C/c1cc(CCc2ccc3nc[nH]c3c2)cnc1C. The van der Waals surface area contributed by atoms with Gasteiger partial charge in [-0.2, -0.15) is 0 Å². The van der Waals surface area contributed by atoms with Crippen LogP contribution in [0.4, 0.5) is 0 Å². The summed E-state index contributed by atoms with van der Waals surface area (Å²) in [4.78, 5) is 12.0. The number of nitrogens with one attached hydrogen (secondary N) is 1. The predicted octanol–water partition coefficient (Wildman–Crippen LogP) is 4.61. The van der Waals surface area contributed by atoms with Crippen molar-refractivity contribution in [2.75, 3.05) is 7.11 Å². The Labute approximate surface area is 148 Å². The summed E-state index contributed by atoms with van der Waals surface area (Å²) in [6.45, 7) is 7.91. The number of aromatic amines is 1. The second kappa shape index (κ2) is 7.34. The van der Waals surface area contributed by atoms with Crippen molar-refractivity contribution in [2.45, 2.75) is 26.7 Å². The van der Waals surface area contributed by atoms with E-state index in [9.17, 15) is 0 Å². The number of hydrogen-bond donors (Lipinski definition) is 1. The molecule has 0 saturated carbocycles. The van der Waals surface area contributed by atoms with Crippen molar-refractivity contribution >= 4 is 17.1 Å². The van der Waals surface area contributed by atoms with Gasteiger partial charge in [-0.1, -0.05) is 12.6 Å². The molecule has 0 aliphatic rings. The Kier molecular flexibility index (Phi) is 4.98. The first-order valence-corrected chi connectivity index (χ1v) is 8.36. The average molecular weight is 333 g/mol. The number of nitrogens with zero attached hydrogens (tertiary/aromatic N) is 2. The molecule has 25 heavy (non-hydrogen) atoms. The molecule has 0 aliphatic heterocycles. The predicted molar refractivity (Wildman–Crippen MR) is 102 cm³/mol. The summed E-state index contributed by atoms with van der Waals surface area (Å²) in [5.41, 5.74) is 7.71. The number of allylic oxidation sites excluding steroid dienone is 1. The third-order valence-electron chi connectivity index (χ3n) is 4.43. The molecule has 1 N–H and O–H groups in total. The number of imidazole rings is 1. The zero-order valence-corrected chi connectivity index (χ0v) is 15.0. The molecule has 128 valence electrons. The van der Waals surface area contributed by atoms with Crippen molar-refractivity contribution in [3.63, 3.8) is 0 Å². The van der Waals surface area contributed by atoms with E-state index < -0.39 is 0 Å². The number of methoxy groups -OCH3 is 1. The number of rotatable bonds is 6. The van der Waals surface area contributed by atoms with Crippen molar-refractivity contribution in [3.8, 4) is 0 Å². The van der Waals surface area contributed by atoms with Gasteiger partial charge in [0, 0.05) is 11.9 Å². The van der Waals surface area contributed by atoms with Gasteiger partial charge in [-0.3, -0.25) is 4.98 Å². The first-order chi connectivity index (χ1) is 12.1. The smallest absolute Gasteiger partial charge is 0.114 e. The Hall–Kier alpha value is -2.88. The molecule has 4 nitrogen and oxygen atoms in total. The van der Waals surface area contributed by atoms with E-state index in [-0.39, 0.29) is 0 Å². The highest BCUT2D eigenvalue weighted by Crippen LogP contribution is 2.18. The number of ether oxygens (including phenoxy) is 1. The number of pyridine rings is 1. The molecule has 0 fully saturated rings. The van der Waals surface area contributed by atoms with E-state index in [4.69, 9.17) is 4.74 Å². The number of fused-ring (bicyclic) bond motifs is 1. The van der Waals surface area contributed by atoms with E-state index in [1.165, 1.54) is 11.1 Å². The number of hydrogen-bond acceptors (Lipinski definition) is 3. The second-order valence-electron chi connectivity index (χ2n) is 6.23. The summed E-state index contributed by atoms with van der Waals surface area (Å²) < 4.78 is 5.20. The van der Waals surface area contributed by atoms with Crippen LogP contribution in [0.25, 0.3) is 17.1 Å². The van der Waals surface area contributed by atoms with E-state index in [0.29, 0.717) is 5.76 Å². The Morgan fingerprint density at radius 3 is 2.80 bits per heavy atom. The van der Waals surface area contributed by atoms with Crippen LogP contribution in [0.3, 0.4) is 0 Å². The van der Waals surface area contributed by atoms with Gasteiger partial charge in [0.2, 0.25) is 0 Å². The maximum atomic E-state index is 5.20. The molecule has 0 unspecified atom stereocenters. The van der Waals surface area contributed by atoms with Gasteiger partial charge in [0.25, 0.3) is 0 Å².